The summed E-state index contributed by atoms with van der Waals surface area (Å²) in [6.45, 7) is 8.40. The third-order valence-electron chi connectivity index (χ3n) is 4.18. The zero-order chi connectivity index (χ0) is 20.1. The molecular weight excluding hydrogens is 436 g/mol. The number of carbonyl (C=O) groups excluding carboxylic acids is 1. The molecule has 7 heteroatoms. The number of hydrogen-bond acceptors (Lipinski definition) is 4. The lowest BCUT2D eigenvalue weighted by molar-refractivity contribution is -0.113. The molecule has 0 radical (unpaired) electrons. The maximum atomic E-state index is 12.3. The lowest BCUT2D eigenvalue weighted by Crippen LogP contribution is -2.14. The number of nitrogens with zero attached hydrogens (tertiary/aromatic N) is 3. The minimum atomic E-state index is -0.0847. The highest BCUT2D eigenvalue weighted by atomic mass is 79.9. The number of rotatable bonds is 7. The number of amides is 1. The first-order valence-electron chi connectivity index (χ1n) is 8.78. The Morgan fingerprint density at radius 1 is 1.21 bits per heavy atom. The Kier molecular flexibility index (Phi) is 6.70. The first-order valence-corrected chi connectivity index (χ1v) is 10.6. The number of halogens is 1. The Morgan fingerprint density at radius 2 is 1.96 bits per heavy atom. The van der Waals surface area contributed by atoms with Crippen molar-refractivity contribution in [2.24, 2.45) is 0 Å². The van der Waals surface area contributed by atoms with Gasteiger partial charge in [-0.15, -0.1) is 11.7 Å². The van der Waals surface area contributed by atoms with Crippen molar-refractivity contribution in [2.45, 2.75) is 25.5 Å². The third-order valence-corrected chi connectivity index (χ3v) is 5.55. The molecule has 0 saturated carbocycles. The Labute approximate surface area is 177 Å². The van der Waals surface area contributed by atoms with E-state index in [0.717, 1.165) is 27.1 Å². The van der Waals surface area contributed by atoms with Crippen LogP contribution < -0.4 is 5.32 Å². The van der Waals surface area contributed by atoms with Crippen LogP contribution in [0.2, 0.25) is 0 Å². The van der Waals surface area contributed by atoms with Crippen LogP contribution in [0.1, 0.15) is 11.1 Å². The van der Waals surface area contributed by atoms with Gasteiger partial charge in [0.05, 0.1) is 12.3 Å². The van der Waals surface area contributed by atoms with Gasteiger partial charge in [0.1, 0.15) is 0 Å². The van der Waals surface area contributed by atoms with E-state index in [1.165, 1.54) is 17.3 Å². The van der Waals surface area contributed by atoms with Crippen LogP contribution >= 0.6 is 27.7 Å². The van der Waals surface area contributed by atoms with Gasteiger partial charge in [-0.3, -0.25) is 4.79 Å². The van der Waals surface area contributed by atoms with Crippen molar-refractivity contribution in [3.8, 4) is 11.4 Å². The number of thioether (sulfide) groups is 1. The largest absolute Gasteiger partial charge is 0.325 e. The van der Waals surface area contributed by atoms with Gasteiger partial charge in [0, 0.05) is 15.7 Å². The van der Waals surface area contributed by atoms with E-state index in [0.29, 0.717) is 11.7 Å². The summed E-state index contributed by atoms with van der Waals surface area (Å²) in [5, 5.41) is 8.00. The van der Waals surface area contributed by atoms with Crippen LogP contribution in [0.15, 0.2) is 64.7 Å². The Morgan fingerprint density at radius 3 is 2.64 bits per heavy atom. The van der Waals surface area contributed by atoms with Crippen molar-refractivity contribution in [1.82, 2.24) is 14.8 Å². The Hall–Kier alpha value is -2.38. The highest BCUT2D eigenvalue weighted by Gasteiger charge is 2.13. The molecule has 1 amide bonds. The summed E-state index contributed by atoms with van der Waals surface area (Å²) in [6, 6.07) is 13.8. The number of carbonyl (C=O) groups is 1. The van der Waals surface area contributed by atoms with E-state index in [-0.39, 0.29) is 11.7 Å². The Balaban J connectivity index is 1.69. The van der Waals surface area contributed by atoms with Crippen molar-refractivity contribution in [2.75, 3.05) is 11.1 Å². The summed E-state index contributed by atoms with van der Waals surface area (Å²) in [5.74, 6) is 0.910. The molecule has 3 aromatic rings. The van der Waals surface area contributed by atoms with Gasteiger partial charge < -0.3 is 5.32 Å². The molecular formula is C21H21BrN4OS. The van der Waals surface area contributed by atoms with Gasteiger partial charge in [0.25, 0.3) is 0 Å². The van der Waals surface area contributed by atoms with Crippen molar-refractivity contribution in [3.63, 3.8) is 0 Å². The van der Waals surface area contributed by atoms with Crippen molar-refractivity contribution in [1.29, 1.82) is 0 Å². The van der Waals surface area contributed by atoms with Crippen LogP contribution in [0.25, 0.3) is 11.4 Å². The fourth-order valence-corrected chi connectivity index (χ4v) is 3.49. The summed E-state index contributed by atoms with van der Waals surface area (Å²) in [5.41, 5.74) is 4.11. The molecule has 0 bridgehead atoms. The van der Waals surface area contributed by atoms with Crippen molar-refractivity contribution < 1.29 is 4.79 Å². The fraction of sp³-hybridized carbons (Fsp3) is 0.190. The molecule has 144 valence electrons. The molecule has 1 N–H and O–H groups in total. The van der Waals surface area contributed by atoms with Crippen LogP contribution in [0.5, 0.6) is 0 Å². The van der Waals surface area contributed by atoms with Crippen LogP contribution in [-0.4, -0.2) is 26.4 Å². The highest BCUT2D eigenvalue weighted by Crippen LogP contribution is 2.24. The van der Waals surface area contributed by atoms with Crippen LogP contribution in [0.4, 0.5) is 5.69 Å². The maximum Gasteiger partial charge on any atom is 0.234 e. The third kappa shape index (κ3) is 5.11. The van der Waals surface area contributed by atoms with Gasteiger partial charge in [-0.1, -0.05) is 52.0 Å². The number of benzene rings is 2. The van der Waals surface area contributed by atoms with E-state index < -0.39 is 0 Å². The molecule has 0 unspecified atom stereocenters. The molecule has 0 fully saturated rings. The first kappa shape index (κ1) is 20.4. The topological polar surface area (TPSA) is 59.8 Å². The lowest BCUT2D eigenvalue weighted by Gasteiger charge is -2.06. The molecule has 0 aliphatic heterocycles. The average molecular weight is 457 g/mol. The van der Waals surface area contributed by atoms with Crippen molar-refractivity contribution >= 4 is 39.3 Å². The molecule has 3 rings (SSSR count). The lowest BCUT2D eigenvalue weighted by atomic mass is 10.1. The molecule has 5 nitrogen and oxygen atoms in total. The van der Waals surface area contributed by atoms with Gasteiger partial charge in [-0.2, -0.15) is 0 Å². The minimum Gasteiger partial charge on any atom is -0.325 e. The predicted molar refractivity (Wildman–Crippen MR) is 119 cm³/mol. The molecule has 0 saturated heterocycles. The van der Waals surface area contributed by atoms with Gasteiger partial charge in [0.15, 0.2) is 5.82 Å². The smallest absolute Gasteiger partial charge is 0.234 e. The zero-order valence-corrected chi connectivity index (χ0v) is 18.2. The summed E-state index contributed by atoms with van der Waals surface area (Å²) in [4.78, 5) is 16.9. The normalized spacial score (nSPS) is 10.7. The van der Waals surface area contributed by atoms with E-state index >= 15 is 0 Å². The number of anilines is 1. The second-order valence-corrected chi connectivity index (χ2v) is 8.19. The average Bonchev–Trinajstić information content (AvgIpc) is 3.07. The van der Waals surface area contributed by atoms with E-state index in [4.69, 9.17) is 0 Å². The standard InChI is InChI=1S/C21H21BrN4OS/c1-4-11-26-20(16-6-8-17(22)9-7-16)24-21(25-26)28-13-19(27)23-18-10-5-14(2)15(3)12-18/h4-10,12H,1,11,13H2,2-3H3,(H,23,27). The van der Waals surface area contributed by atoms with Crippen molar-refractivity contribution in [3.05, 3.63) is 70.7 Å². The number of allylic oxidation sites excluding steroid dienone is 1. The maximum absolute atomic E-state index is 12.3. The van der Waals surface area contributed by atoms with Gasteiger partial charge in [-0.05, 0) is 49.2 Å². The number of aromatic nitrogens is 3. The van der Waals surface area contributed by atoms with Gasteiger partial charge in [0.2, 0.25) is 11.1 Å². The van der Waals surface area contributed by atoms with E-state index in [2.05, 4.69) is 37.9 Å². The van der Waals surface area contributed by atoms with Gasteiger partial charge in [-0.25, -0.2) is 9.67 Å². The number of nitrogens with one attached hydrogen (secondary N) is 1. The predicted octanol–water partition coefficient (Wildman–Crippen LogP) is 5.24. The molecule has 0 spiro atoms. The summed E-state index contributed by atoms with van der Waals surface area (Å²) in [6.07, 6.45) is 1.78. The molecule has 28 heavy (non-hydrogen) atoms. The molecule has 0 aliphatic rings. The molecule has 1 aromatic heterocycles. The van der Waals surface area contributed by atoms with E-state index in [1.54, 1.807) is 10.8 Å². The summed E-state index contributed by atoms with van der Waals surface area (Å²) < 4.78 is 2.79. The van der Waals surface area contributed by atoms with Crippen LogP contribution in [0.3, 0.4) is 0 Å². The van der Waals surface area contributed by atoms with E-state index in [1.807, 2.05) is 56.3 Å². The molecule has 1 heterocycles. The number of hydrogen-bond donors (Lipinski definition) is 1. The molecule has 0 aliphatic carbocycles. The summed E-state index contributed by atoms with van der Waals surface area (Å²) >= 11 is 4.76. The second kappa shape index (κ2) is 9.21. The fourth-order valence-electron chi connectivity index (χ4n) is 2.59. The first-order chi connectivity index (χ1) is 13.5. The second-order valence-electron chi connectivity index (χ2n) is 6.33. The van der Waals surface area contributed by atoms with Gasteiger partial charge >= 0.3 is 0 Å². The number of aryl methyl sites for hydroxylation is 2. The molecule has 2 aromatic carbocycles. The highest BCUT2D eigenvalue weighted by molar-refractivity contribution is 9.10. The SMILES string of the molecule is C=CCn1nc(SCC(=O)Nc2ccc(C)c(C)c2)nc1-c1ccc(Br)cc1. The van der Waals surface area contributed by atoms with Crippen LogP contribution in [0, 0.1) is 13.8 Å². The van der Waals surface area contributed by atoms with E-state index in [9.17, 15) is 4.79 Å². The van der Waals surface area contributed by atoms with Crippen LogP contribution in [-0.2, 0) is 11.3 Å². The summed E-state index contributed by atoms with van der Waals surface area (Å²) in [7, 11) is 0. The quantitative estimate of drug-likeness (QED) is 0.389. The Bertz CT molecular complexity index is 998. The monoisotopic (exact) mass is 456 g/mol. The molecule has 0 atom stereocenters. The minimum absolute atomic E-state index is 0.0847. The zero-order valence-electron chi connectivity index (χ0n) is 15.8.